The van der Waals surface area contributed by atoms with Gasteiger partial charge in [-0.25, -0.2) is 4.39 Å². The molecule has 2 heterocycles. The molecule has 4 nitrogen and oxygen atoms in total. The van der Waals surface area contributed by atoms with Crippen molar-refractivity contribution < 1.29 is 14.3 Å². The van der Waals surface area contributed by atoms with Crippen LogP contribution in [0.3, 0.4) is 0 Å². The van der Waals surface area contributed by atoms with Crippen LogP contribution in [-0.2, 0) is 10.9 Å². The van der Waals surface area contributed by atoms with Gasteiger partial charge in [0.2, 0.25) is 0 Å². The van der Waals surface area contributed by atoms with Gasteiger partial charge in [0, 0.05) is 29.7 Å². The number of benzene rings is 1. The Labute approximate surface area is 173 Å². The van der Waals surface area contributed by atoms with Gasteiger partial charge in [-0.1, -0.05) is 20.8 Å². The van der Waals surface area contributed by atoms with Crippen molar-refractivity contribution >= 4 is 8.32 Å². The molecule has 148 valence electrons. The molecule has 0 spiro atoms. The number of nitrogens with zero attached hydrogens (tertiary/aromatic N) is 3. The summed E-state index contributed by atoms with van der Waals surface area (Å²) in [7, 11) is -2.63. The molecule has 0 atom stereocenters. The number of halogens is 1. The highest BCUT2D eigenvalue weighted by molar-refractivity contribution is 6.74. The van der Waals surface area contributed by atoms with Crippen LogP contribution in [0.5, 0.6) is 0 Å². The lowest BCUT2D eigenvalue weighted by atomic mass is 10.0. The fraction of sp³-hybridized carbons (Fsp3) is 0.364. The van der Waals surface area contributed by atoms with Crippen LogP contribution in [0, 0.1) is 5.82 Å². The Hall–Kier alpha value is -2.31. The summed E-state index contributed by atoms with van der Waals surface area (Å²) in [6, 6.07) is 9.24. The van der Waals surface area contributed by atoms with E-state index in [0.717, 1.165) is 10.2 Å². The van der Waals surface area contributed by atoms with Crippen LogP contribution >= 0.6 is 0 Å². The van der Waals surface area contributed by atoms with Gasteiger partial charge < -0.3 is 4.43 Å². The van der Waals surface area contributed by atoms with Gasteiger partial charge in [0.1, 0.15) is 11.5 Å². The van der Waals surface area contributed by atoms with Gasteiger partial charge in [0.15, 0.2) is 8.32 Å². The van der Waals surface area contributed by atoms with Crippen LogP contribution in [-0.4, -0.2) is 29.6 Å². The van der Waals surface area contributed by atoms with Gasteiger partial charge in [0.25, 0.3) is 0 Å². The lowest BCUT2D eigenvalue weighted by Gasteiger charge is -2.36. The normalized spacial score (nSPS) is 15.5. The molecule has 0 N–H and O–H groups in total. The molecule has 0 amide bonds. The number of aryl methyl sites for hydroxylation is 1. The van der Waals surface area contributed by atoms with E-state index in [0.29, 0.717) is 16.8 Å². The average Bonchev–Trinajstić information content (AvgIpc) is 3.13. The average molecular weight is 402 g/mol. The highest BCUT2D eigenvalue weighted by Gasteiger charge is 2.36. The third-order valence-corrected chi connectivity index (χ3v) is 9.32. The molecular weight excluding hydrogens is 369 g/mol. The van der Waals surface area contributed by atoms with Crippen LogP contribution in [0.2, 0.25) is 18.1 Å². The molecule has 3 aromatic rings. The van der Waals surface area contributed by atoms with Gasteiger partial charge >= 0.3 is 0 Å². The molecule has 3 rings (SSSR count). The van der Waals surface area contributed by atoms with Crippen molar-refractivity contribution in [2.24, 2.45) is 0 Å². The summed E-state index contributed by atoms with van der Waals surface area (Å²) < 4.78 is 54.6. The summed E-state index contributed by atoms with van der Waals surface area (Å²) in [5, 5.41) is 4.11. The molecule has 0 aliphatic rings. The first kappa shape index (κ1) is 15.6. The maximum atomic E-state index is 13.5. The van der Waals surface area contributed by atoms with E-state index in [9.17, 15) is 4.39 Å². The van der Waals surface area contributed by atoms with Gasteiger partial charge in [0.05, 0.1) is 18.5 Å². The Morgan fingerprint density at radius 3 is 2.32 bits per heavy atom. The van der Waals surface area contributed by atoms with Crippen LogP contribution in [0.4, 0.5) is 4.39 Å². The van der Waals surface area contributed by atoms with Crippen molar-refractivity contribution in [3.05, 3.63) is 60.8 Å². The van der Waals surface area contributed by atoms with Crippen LogP contribution in [0.1, 0.15) is 26.3 Å². The SMILES string of the molecule is [2H]C([2H])(O[Si](C)(C)C(C)(C)C)C([2H])([2H])n1cc(-c2ccncc2)c(-c2ccc(F)cc2)n1. The summed E-state index contributed by atoms with van der Waals surface area (Å²) in [5.41, 5.74) is 2.29. The van der Waals surface area contributed by atoms with Gasteiger partial charge in [-0.15, -0.1) is 0 Å². The Kier molecular flexibility index (Phi) is 4.44. The Bertz CT molecular complexity index is 1080. The lowest BCUT2D eigenvalue weighted by Crippen LogP contribution is -2.41. The van der Waals surface area contributed by atoms with Crippen LogP contribution in [0.15, 0.2) is 55.0 Å². The standard InChI is InChI=1S/C22H28FN3OSi/c1-22(2,3)28(4,5)27-15-14-26-16-20(17-10-12-24-13-11-17)21(25-26)18-6-8-19(23)9-7-18/h6-13,16H,14-15H2,1-5H3/i14D2,15D2. The zero-order chi connectivity index (χ0) is 23.9. The van der Waals surface area contributed by atoms with E-state index in [1.807, 2.05) is 33.9 Å². The van der Waals surface area contributed by atoms with E-state index >= 15 is 0 Å². The third-order valence-electron chi connectivity index (χ3n) is 5.10. The molecule has 0 unspecified atom stereocenters. The lowest BCUT2D eigenvalue weighted by molar-refractivity contribution is 0.266. The maximum absolute atomic E-state index is 13.5. The molecular formula is C22H28FN3OSi. The number of rotatable bonds is 6. The zero-order valence-electron chi connectivity index (χ0n) is 20.8. The molecule has 0 aliphatic heterocycles. The summed E-state index contributed by atoms with van der Waals surface area (Å²) >= 11 is 0. The van der Waals surface area contributed by atoms with E-state index in [2.05, 4.69) is 10.1 Å². The first-order valence-electron chi connectivity index (χ1n) is 11.1. The number of aromatic nitrogens is 3. The number of pyridine rings is 1. The second-order valence-electron chi connectivity index (χ2n) is 8.15. The number of hydrogen-bond donors (Lipinski definition) is 0. The second-order valence-corrected chi connectivity index (χ2v) is 12.9. The van der Waals surface area contributed by atoms with Gasteiger partial charge in [-0.05, 0) is 60.1 Å². The van der Waals surface area contributed by atoms with Gasteiger partial charge in [-0.3, -0.25) is 9.67 Å². The molecule has 0 saturated carbocycles. The zero-order valence-corrected chi connectivity index (χ0v) is 17.8. The minimum absolute atomic E-state index is 0.304. The summed E-state index contributed by atoms with van der Waals surface area (Å²) in [6.45, 7) is 4.39. The molecule has 0 aliphatic carbocycles. The van der Waals surface area contributed by atoms with E-state index < -0.39 is 27.2 Å². The molecule has 1 aromatic carbocycles. The van der Waals surface area contributed by atoms with Crippen LogP contribution in [0.25, 0.3) is 22.4 Å². The largest absolute Gasteiger partial charge is 0.415 e. The van der Waals surface area contributed by atoms with E-state index in [4.69, 9.17) is 9.91 Å². The van der Waals surface area contributed by atoms with Crippen molar-refractivity contribution in [1.82, 2.24) is 14.8 Å². The molecule has 0 radical (unpaired) electrons. The van der Waals surface area contributed by atoms with Crippen molar-refractivity contribution in [3.8, 4) is 22.4 Å². The first-order chi connectivity index (χ1) is 14.7. The van der Waals surface area contributed by atoms with E-state index in [-0.39, 0.29) is 5.04 Å². The topological polar surface area (TPSA) is 39.9 Å². The summed E-state index contributed by atoms with van der Waals surface area (Å²) in [5.74, 6) is -0.395. The monoisotopic (exact) mass is 401 g/mol. The van der Waals surface area contributed by atoms with E-state index in [1.165, 1.54) is 18.3 Å². The van der Waals surface area contributed by atoms with E-state index in [1.54, 1.807) is 36.7 Å². The van der Waals surface area contributed by atoms with Crippen LogP contribution < -0.4 is 0 Å². The minimum Gasteiger partial charge on any atom is -0.415 e. The van der Waals surface area contributed by atoms with Crippen molar-refractivity contribution in [3.63, 3.8) is 0 Å². The van der Waals surface area contributed by atoms with Crippen molar-refractivity contribution in [2.75, 3.05) is 6.56 Å². The van der Waals surface area contributed by atoms with Gasteiger partial charge in [-0.2, -0.15) is 5.10 Å². The fourth-order valence-corrected chi connectivity index (χ4v) is 2.95. The predicted octanol–water partition coefficient (Wildman–Crippen LogP) is 5.77. The molecule has 0 fully saturated rings. The Morgan fingerprint density at radius 2 is 1.71 bits per heavy atom. The second kappa shape index (κ2) is 7.97. The molecule has 2 aromatic heterocycles. The highest BCUT2D eigenvalue weighted by atomic mass is 28.4. The Balaban J connectivity index is 2.12. The number of hydrogen-bond acceptors (Lipinski definition) is 3. The molecule has 0 bridgehead atoms. The Morgan fingerprint density at radius 1 is 1.07 bits per heavy atom. The first-order valence-corrected chi connectivity index (χ1v) is 12.0. The van der Waals surface area contributed by atoms with Crippen molar-refractivity contribution in [2.45, 2.75) is 45.4 Å². The quantitative estimate of drug-likeness (QED) is 0.492. The van der Waals surface area contributed by atoms with Crippen molar-refractivity contribution in [1.29, 1.82) is 0 Å². The minimum atomic E-state index is -2.64. The third kappa shape index (κ3) is 4.56. The summed E-state index contributed by atoms with van der Waals surface area (Å²) in [6.07, 6.45) is 4.67. The highest BCUT2D eigenvalue weighted by Crippen LogP contribution is 2.36. The molecule has 28 heavy (non-hydrogen) atoms. The summed E-state index contributed by atoms with van der Waals surface area (Å²) in [4.78, 5) is 4.02. The molecule has 6 heteroatoms. The fourth-order valence-electron chi connectivity index (χ4n) is 2.35. The maximum Gasteiger partial charge on any atom is 0.192 e. The molecule has 0 saturated heterocycles. The smallest absolute Gasteiger partial charge is 0.192 e. The predicted molar refractivity (Wildman–Crippen MR) is 114 cm³/mol.